The van der Waals surface area contributed by atoms with Crippen molar-refractivity contribution in [2.45, 2.75) is 19.8 Å². The van der Waals surface area contributed by atoms with Crippen molar-refractivity contribution in [2.24, 2.45) is 5.92 Å². The molecule has 3 aromatic rings. The number of aryl methyl sites for hydroxylation is 1. The fourth-order valence-corrected chi connectivity index (χ4v) is 4.60. The SMILES string of the molecule is Cc1nc(NC(=O)C2CC2)sc1-c1ccnc(Nc2ccc(N3CCOCC3)cc2)c1. The van der Waals surface area contributed by atoms with Gasteiger partial charge >= 0.3 is 0 Å². The number of rotatable bonds is 6. The van der Waals surface area contributed by atoms with Gasteiger partial charge in [-0.05, 0) is 61.7 Å². The Bertz CT molecular complexity index is 1070. The highest BCUT2D eigenvalue weighted by atomic mass is 32.1. The second-order valence-electron chi connectivity index (χ2n) is 7.90. The number of benzene rings is 1. The smallest absolute Gasteiger partial charge is 0.229 e. The summed E-state index contributed by atoms with van der Waals surface area (Å²) < 4.78 is 5.43. The molecule has 0 unspecified atom stereocenters. The summed E-state index contributed by atoms with van der Waals surface area (Å²) in [6.07, 6.45) is 3.76. The molecule has 0 spiro atoms. The molecule has 2 N–H and O–H groups in total. The van der Waals surface area contributed by atoms with E-state index in [0.717, 1.165) is 66.8 Å². The molecule has 1 aliphatic heterocycles. The summed E-state index contributed by atoms with van der Waals surface area (Å²) in [5.74, 6) is 1.02. The lowest BCUT2D eigenvalue weighted by atomic mass is 10.2. The van der Waals surface area contributed by atoms with Gasteiger partial charge in [0.15, 0.2) is 5.13 Å². The van der Waals surface area contributed by atoms with Crippen LogP contribution in [0.5, 0.6) is 0 Å². The fraction of sp³-hybridized carbons (Fsp3) is 0.348. The Morgan fingerprint density at radius 2 is 1.94 bits per heavy atom. The van der Waals surface area contributed by atoms with Crippen LogP contribution in [0.15, 0.2) is 42.6 Å². The van der Waals surface area contributed by atoms with Crippen molar-refractivity contribution in [1.29, 1.82) is 0 Å². The van der Waals surface area contributed by atoms with E-state index in [1.165, 1.54) is 17.0 Å². The van der Waals surface area contributed by atoms with Gasteiger partial charge in [-0.2, -0.15) is 0 Å². The van der Waals surface area contributed by atoms with Crippen LogP contribution in [0, 0.1) is 12.8 Å². The predicted octanol–water partition coefficient (Wildman–Crippen LogP) is 4.44. The first kappa shape index (κ1) is 20.0. The van der Waals surface area contributed by atoms with Gasteiger partial charge in [0.2, 0.25) is 5.91 Å². The van der Waals surface area contributed by atoms with Crippen molar-refractivity contribution in [2.75, 3.05) is 41.8 Å². The van der Waals surface area contributed by atoms with Gasteiger partial charge in [-0.15, -0.1) is 0 Å². The number of hydrogen-bond donors (Lipinski definition) is 2. The molecular formula is C23H25N5O2S. The van der Waals surface area contributed by atoms with Gasteiger partial charge in [0.25, 0.3) is 0 Å². The van der Waals surface area contributed by atoms with Crippen LogP contribution in [0.1, 0.15) is 18.5 Å². The maximum atomic E-state index is 12.0. The first-order valence-electron chi connectivity index (χ1n) is 10.6. The average molecular weight is 436 g/mol. The Labute approximate surface area is 185 Å². The van der Waals surface area contributed by atoms with E-state index in [4.69, 9.17) is 4.74 Å². The molecule has 5 rings (SSSR count). The second-order valence-corrected chi connectivity index (χ2v) is 8.90. The largest absolute Gasteiger partial charge is 0.378 e. The Morgan fingerprint density at radius 3 is 2.68 bits per heavy atom. The normalized spacial score (nSPS) is 16.2. The minimum absolute atomic E-state index is 0.0814. The molecule has 0 bridgehead atoms. The quantitative estimate of drug-likeness (QED) is 0.596. The summed E-state index contributed by atoms with van der Waals surface area (Å²) in [6, 6.07) is 12.4. The van der Waals surface area contributed by atoms with Gasteiger partial charge in [0.1, 0.15) is 5.82 Å². The number of anilines is 4. The Balaban J connectivity index is 1.29. The van der Waals surface area contributed by atoms with Crippen molar-refractivity contribution in [3.63, 3.8) is 0 Å². The zero-order valence-electron chi connectivity index (χ0n) is 17.4. The maximum absolute atomic E-state index is 12.0. The summed E-state index contributed by atoms with van der Waals surface area (Å²) in [5, 5.41) is 6.99. The molecule has 1 aliphatic carbocycles. The molecule has 2 aliphatic rings. The standard InChI is InChI=1S/C23H25N5O2S/c1-15-21(31-23(25-15)27-22(29)16-2-3-16)17-8-9-24-20(14-17)26-18-4-6-19(7-5-18)28-10-12-30-13-11-28/h4-9,14,16H,2-3,10-13H2,1H3,(H,24,26)(H,25,27,29). The van der Waals surface area contributed by atoms with Crippen LogP contribution in [0.4, 0.5) is 22.3 Å². The molecule has 1 saturated heterocycles. The third kappa shape index (κ3) is 4.70. The summed E-state index contributed by atoms with van der Waals surface area (Å²) in [4.78, 5) is 24.4. The zero-order valence-corrected chi connectivity index (χ0v) is 18.2. The molecule has 8 heteroatoms. The third-order valence-electron chi connectivity index (χ3n) is 5.51. The summed E-state index contributed by atoms with van der Waals surface area (Å²) in [5.41, 5.74) is 4.13. The van der Waals surface area contributed by atoms with Gasteiger partial charge in [-0.3, -0.25) is 4.79 Å². The van der Waals surface area contributed by atoms with E-state index in [-0.39, 0.29) is 11.8 Å². The lowest BCUT2D eigenvalue weighted by molar-refractivity contribution is -0.117. The van der Waals surface area contributed by atoms with E-state index in [2.05, 4.69) is 49.8 Å². The molecule has 2 fully saturated rings. The Kier molecular flexibility index (Phi) is 5.57. The first-order valence-corrected chi connectivity index (χ1v) is 11.4. The highest BCUT2D eigenvalue weighted by Crippen LogP contribution is 2.36. The molecule has 1 amide bonds. The molecule has 31 heavy (non-hydrogen) atoms. The van der Waals surface area contributed by atoms with Crippen LogP contribution >= 0.6 is 11.3 Å². The van der Waals surface area contributed by atoms with E-state index in [0.29, 0.717) is 5.13 Å². The van der Waals surface area contributed by atoms with Gasteiger partial charge in [-0.1, -0.05) is 11.3 Å². The van der Waals surface area contributed by atoms with E-state index < -0.39 is 0 Å². The number of nitrogens with zero attached hydrogens (tertiary/aromatic N) is 3. The number of pyridine rings is 1. The van der Waals surface area contributed by atoms with Crippen molar-refractivity contribution in [3.05, 3.63) is 48.3 Å². The minimum Gasteiger partial charge on any atom is -0.378 e. The molecule has 1 aromatic carbocycles. The molecular weight excluding hydrogens is 410 g/mol. The van der Waals surface area contributed by atoms with E-state index in [9.17, 15) is 4.79 Å². The van der Waals surface area contributed by atoms with Crippen LogP contribution in [-0.4, -0.2) is 42.2 Å². The lowest BCUT2D eigenvalue weighted by Gasteiger charge is -2.28. The average Bonchev–Trinajstić information content (AvgIpc) is 3.58. The molecule has 0 atom stereocenters. The van der Waals surface area contributed by atoms with Gasteiger partial charge in [0, 0.05) is 36.6 Å². The van der Waals surface area contributed by atoms with E-state index in [1.807, 2.05) is 19.1 Å². The predicted molar refractivity (Wildman–Crippen MR) is 124 cm³/mol. The molecule has 3 heterocycles. The second kappa shape index (κ2) is 8.64. The third-order valence-corrected chi connectivity index (χ3v) is 6.63. The number of amides is 1. The van der Waals surface area contributed by atoms with Crippen LogP contribution in [0.25, 0.3) is 10.4 Å². The summed E-state index contributed by atoms with van der Waals surface area (Å²) >= 11 is 1.50. The summed E-state index contributed by atoms with van der Waals surface area (Å²) in [6.45, 7) is 5.37. The zero-order chi connectivity index (χ0) is 21.2. The van der Waals surface area contributed by atoms with E-state index in [1.54, 1.807) is 6.20 Å². The highest BCUT2D eigenvalue weighted by Gasteiger charge is 2.30. The highest BCUT2D eigenvalue weighted by molar-refractivity contribution is 7.19. The maximum Gasteiger partial charge on any atom is 0.229 e. The van der Waals surface area contributed by atoms with Crippen molar-refractivity contribution >= 4 is 39.6 Å². The van der Waals surface area contributed by atoms with Gasteiger partial charge in [0.05, 0.1) is 23.8 Å². The molecule has 2 aromatic heterocycles. The van der Waals surface area contributed by atoms with Crippen LogP contribution in [-0.2, 0) is 9.53 Å². The number of hydrogen-bond acceptors (Lipinski definition) is 7. The topological polar surface area (TPSA) is 79.4 Å². The monoisotopic (exact) mass is 435 g/mol. The van der Waals surface area contributed by atoms with Gasteiger partial charge < -0.3 is 20.3 Å². The van der Waals surface area contributed by atoms with Crippen LogP contribution in [0.3, 0.4) is 0 Å². The van der Waals surface area contributed by atoms with Crippen LogP contribution in [0.2, 0.25) is 0 Å². The summed E-state index contributed by atoms with van der Waals surface area (Å²) in [7, 11) is 0. The number of nitrogens with one attached hydrogen (secondary N) is 2. The fourth-order valence-electron chi connectivity index (χ4n) is 3.64. The Morgan fingerprint density at radius 1 is 1.16 bits per heavy atom. The Hall–Kier alpha value is -2.97. The number of aromatic nitrogens is 2. The molecule has 1 saturated carbocycles. The van der Waals surface area contributed by atoms with Crippen molar-refractivity contribution in [3.8, 4) is 10.4 Å². The number of carbonyl (C=O) groups excluding carboxylic acids is 1. The number of ether oxygens (including phenoxy) is 1. The van der Waals surface area contributed by atoms with Gasteiger partial charge in [-0.25, -0.2) is 9.97 Å². The minimum atomic E-state index is 0.0814. The number of morpholine rings is 1. The van der Waals surface area contributed by atoms with Crippen LogP contribution < -0.4 is 15.5 Å². The lowest BCUT2D eigenvalue weighted by Crippen LogP contribution is -2.36. The van der Waals surface area contributed by atoms with Crippen molar-refractivity contribution in [1.82, 2.24) is 9.97 Å². The van der Waals surface area contributed by atoms with Crippen molar-refractivity contribution < 1.29 is 9.53 Å². The molecule has 7 nitrogen and oxygen atoms in total. The molecule has 0 radical (unpaired) electrons. The molecule has 160 valence electrons. The first-order chi connectivity index (χ1) is 15.2. The number of thiazole rings is 1. The van der Waals surface area contributed by atoms with E-state index >= 15 is 0 Å². The number of carbonyl (C=O) groups is 1.